The minimum absolute atomic E-state index is 0.0286. The van der Waals surface area contributed by atoms with E-state index in [0.29, 0.717) is 17.5 Å². The van der Waals surface area contributed by atoms with E-state index in [1.807, 2.05) is 6.07 Å². The lowest BCUT2D eigenvalue weighted by molar-refractivity contribution is -0.146. The Hall–Kier alpha value is -1.81. The van der Waals surface area contributed by atoms with Crippen LogP contribution in [0.25, 0.3) is 0 Å². The molecule has 5 aliphatic rings. The van der Waals surface area contributed by atoms with Gasteiger partial charge in [-0.25, -0.2) is 0 Å². The first-order chi connectivity index (χ1) is 13.6. The number of esters is 1. The Labute approximate surface area is 166 Å². The molecular weight excluding hydrogens is 350 g/mol. The summed E-state index contributed by atoms with van der Waals surface area (Å²) in [6, 6.07) is 4.63. The third-order valence-electron chi connectivity index (χ3n) is 8.14. The van der Waals surface area contributed by atoms with Crippen molar-refractivity contribution in [2.45, 2.75) is 57.4 Å². The summed E-state index contributed by atoms with van der Waals surface area (Å²) in [6.07, 6.45) is 9.49. The molecule has 3 aliphatic carbocycles. The van der Waals surface area contributed by atoms with Crippen LogP contribution in [0.1, 0.15) is 56.1 Å². The Morgan fingerprint density at radius 3 is 2.86 bits per heavy atom. The van der Waals surface area contributed by atoms with Gasteiger partial charge in [0.25, 0.3) is 0 Å². The summed E-state index contributed by atoms with van der Waals surface area (Å²) in [7, 11) is 1.67. The maximum Gasteiger partial charge on any atom is 0.316 e. The van der Waals surface area contributed by atoms with Crippen LogP contribution >= 0.6 is 0 Å². The van der Waals surface area contributed by atoms with Crippen LogP contribution in [0.5, 0.6) is 11.5 Å². The number of benzene rings is 1. The van der Waals surface area contributed by atoms with Crippen molar-refractivity contribution in [3.05, 3.63) is 34.9 Å². The van der Waals surface area contributed by atoms with Crippen LogP contribution in [0.4, 0.5) is 0 Å². The number of allylic oxidation sites excluding steroid dienone is 1. The Balaban J connectivity index is 1.57. The first-order valence-electron chi connectivity index (χ1n) is 10.9. The van der Waals surface area contributed by atoms with Crippen LogP contribution in [-0.4, -0.2) is 37.1 Å². The zero-order valence-electron chi connectivity index (χ0n) is 16.9. The highest BCUT2D eigenvalue weighted by molar-refractivity contribution is 5.83. The number of nitrogens with zero attached hydrogens (tertiary/aromatic N) is 1. The molecule has 0 amide bonds. The van der Waals surface area contributed by atoms with Crippen molar-refractivity contribution in [1.29, 1.82) is 0 Å². The van der Waals surface area contributed by atoms with Crippen LogP contribution < -0.4 is 9.47 Å². The smallest absolute Gasteiger partial charge is 0.316 e. The predicted molar refractivity (Wildman–Crippen MR) is 107 cm³/mol. The monoisotopic (exact) mass is 379 g/mol. The van der Waals surface area contributed by atoms with Crippen LogP contribution in [-0.2, 0) is 11.2 Å². The van der Waals surface area contributed by atoms with Gasteiger partial charge in [0.2, 0.25) is 0 Å². The molecule has 1 aromatic rings. The molecule has 4 heteroatoms. The number of carbonyl (C=O) groups is 1. The van der Waals surface area contributed by atoms with E-state index >= 15 is 0 Å². The molecule has 2 heterocycles. The van der Waals surface area contributed by atoms with Gasteiger partial charge in [-0.15, -0.1) is 0 Å². The van der Waals surface area contributed by atoms with Gasteiger partial charge < -0.3 is 9.47 Å². The molecule has 4 bridgehead atoms. The van der Waals surface area contributed by atoms with Gasteiger partial charge in [-0.3, -0.25) is 9.69 Å². The maximum absolute atomic E-state index is 13.5. The molecule has 0 aromatic heterocycles. The summed E-state index contributed by atoms with van der Waals surface area (Å²) in [5.41, 5.74) is 4.01. The van der Waals surface area contributed by atoms with E-state index in [2.05, 4.69) is 24.0 Å². The third-order valence-corrected chi connectivity index (χ3v) is 8.14. The highest BCUT2D eigenvalue weighted by atomic mass is 16.6. The largest absolute Gasteiger partial charge is 0.493 e. The zero-order valence-corrected chi connectivity index (χ0v) is 16.9. The van der Waals surface area contributed by atoms with E-state index in [-0.39, 0.29) is 23.2 Å². The van der Waals surface area contributed by atoms with Gasteiger partial charge in [-0.2, -0.15) is 0 Å². The fraction of sp³-hybridized carbons (Fsp3) is 0.625. The quantitative estimate of drug-likeness (QED) is 0.451. The standard InChI is InChI=1S/C24H29NO3/c1-14-7-9-24(12-14)19-11-16-5-6-18(27-2)22-20(16)17(21(24)23(26)28-22)8-10-25(19)13-15-3-4-15/h5-6,12,15,17,19,21H,3-4,7-11,13H2,1-2H3/t17-,19+,21-,24+/m0/s1. The molecule has 1 saturated heterocycles. The SMILES string of the molecule is COc1ccc2c3c1OC(=O)[C@@H]1[C@H]3CCN(CC3CC3)[C@H](C2)[C@@]12C=C(C)CC2. The maximum atomic E-state index is 13.5. The highest BCUT2D eigenvalue weighted by Gasteiger charge is 2.60. The van der Waals surface area contributed by atoms with Gasteiger partial charge in [-0.05, 0) is 69.5 Å². The first kappa shape index (κ1) is 17.1. The summed E-state index contributed by atoms with van der Waals surface area (Å²) in [5, 5.41) is 0. The summed E-state index contributed by atoms with van der Waals surface area (Å²) in [6.45, 7) is 4.54. The first-order valence-corrected chi connectivity index (χ1v) is 10.9. The minimum Gasteiger partial charge on any atom is -0.493 e. The summed E-state index contributed by atoms with van der Waals surface area (Å²) in [4.78, 5) is 16.2. The zero-order chi connectivity index (χ0) is 19.0. The van der Waals surface area contributed by atoms with Crippen molar-refractivity contribution in [3.8, 4) is 11.5 Å². The fourth-order valence-corrected chi connectivity index (χ4v) is 6.78. The van der Waals surface area contributed by atoms with Crippen molar-refractivity contribution >= 4 is 5.97 Å². The van der Waals surface area contributed by atoms with Gasteiger partial charge in [0.05, 0.1) is 13.0 Å². The average Bonchev–Trinajstić information content (AvgIpc) is 3.43. The molecule has 0 unspecified atom stereocenters. The van der Waals surface area contributed by atoms with Crippen molar-refractivity contribution in [3.63, 3.8) is 0 Å². The van der Waals surface area contributed by atoms with Crippen molar-refractivity contribution in [1.82, 2.24) is 4.90 Å². The summed E-state index contributed by atoms with van der Waals surface area (Å²) in [5.74, 6) is 2.44. The van der Waals surface area contributed by atoms with E-state index in [0.717, 1.165) is 38.1 Å². The lowest BCUT2D eigenvalue weighted by Crippen LogP contribution is -2.52. The molecule has 4 nitrogen and oxygen atoms in total. The molecule has 6 rings (SSSR count). The topological polar surface area (TPSA) is 38.8 Å². The highest BCUT2D eigenvalue weighted by Crippen LogP contribution is 2.61. The second kappa shape index (κ2) is 5.85. The number of hydrogen-bond acceptors (Lipinski definition) is 4. The molecule has 148 valence electrons. The van der Waals surface area contributed by atoms with Crippen LogP contribution in [0.15, 0.2) is 23.8 Å². The predicted octanol–water partition coefficient (Wildman–Crippen LogP) is 4.08. The molecule has 0 N–H and O–H groups in total. The second-order valence-corrected chi connectivity index (χ2v) is 9.72. The van der Waals surface area contributed by atoms with Gasteiger partial charge >= 0.3 is 5.97 Å². The molecule has 4 atom stereocenters. The third kappa shape index (κ3) is 2.24. The van der Waals surface area contributed by atoms with Gasteiger partial charge in [-0.1, -0.05) is 17.7 Å². The fourth-order valence-electron chi connectivity index (χ4n) is 6.78. The van der Waals surface area contributed by atoms with E-state index in [1.165, 1.54) is 36.1 Å². The average molecular weight is 380 g/mol. The van der Waals surface area contributed by atoms with E-state index in [1.54, 1.807) is 7.11 Å². The van der Waals surface area contributed by atoms with Crippen molar-refractivity contribution < 1.29 is 14.3 Å². The molecule has 2 aliphatic heterocycles. The van der Waals surface area contributed by atoms with Crippen LogP contribution in [0.2, 0.25) is 0 Å². The minimum atomic E-state index is -0.0822. The summed E-state index contributed by atoms with van der Waals surface area (Å²) >= 11 is 0. The van der Waals surface area contributed by atoms with Gasteiger partial charge in [0.1, 0.15) is 0 Å². The van der Waals surface area contributed by atoms with Gasteiger partial charge in [0, 0.05) is 29.5 Å². The second-order valence-electron chi connectivity index (χ2n) is 9.72. The lowest BCUT2D eigenvalue weighted by atomic mass is 9.64. The van der Waals surface area contributed by atoms with E-state index < -0.39 is 0 Å². The van der Waals surface area contributed by atoms with Crippen molar-refractivity contribution in [2.75, 3.05) is 20.2 Å². The van der Waals surface area contributed by atoms with E-state index in [9.17, 15) is 4.79 Å². The Bertz CT molecular complexity index is 886. The molecule has 0 radical (unpaired) electrons. The Morgan fingerprint density at radius 2 is 2.14 bits per heavy atom. The van der Waals surface area contributed by atoms with Crippen LogP contribution in [0, 0.1) is 17.3 Å². The van der Waals surface area contributed by atoms with Crippen LogP contribution in [0.3, 0.4) is 0 Å². The van der Waals surface area contributed by atoms with Crippen molar-refractivity contribution in [2.24, 2.45) is 17.3 Å². The number of hydrogen-bond donors (Lipinski definition) is 0. The Kier molecular flexibility index (Phi) is 3.57. The molecule has 1 aromatic carbocycles. The number of methoxy groups -OCH3 is 1. The molecule has 28 heavy (non-hydrogen) atoms. The molecule has 2 fully saturated rings. The normalized spacial score (nSPS) is 36.1. The van der Waals surface area contributed by atoms with E-state index in [4.69, 9.17) is 9.47 Å². The number of ether oxygens (including phenoxy) is 2. The van der Waals surface area contributed by atoms with Gasteiger partial charge in [0.15, 0.2) is 11.5 Å². The number of likely N-dealkylation sites (tertiary alicyclic amines) is 1. The Morgan fingerprint density at radius 1 is 1.29 bits per heavy atom. The molecule has 1 spiro atoms. The number of rotatable bonds is 3. The lowest BCUT2D eigenvalue weighted by Gasteiger charge is -2.45. The number of carbonyl (C=O) groups excluding carboxylic acids is 1. The summed E-state index contributed by atoms with van der Waals surface area (Å²) < 4.78 is 11.6. The molecule has 1 saturated carbocycles. The molecular formula is C24H29NO3.